The number of methoxy groups -OCH3 is 1. The molecule has 1 amide bonds. The molecule has 0 fully saturated rings. The van der Waals surface area contributed by atoms with E-state index in [0.29, 0.717) is 30.1 Å². The minimum Gasteiger partial charge on any atom is -0.495 e. The number of nitrogens with zero attached hydrogens (tertiary/aromatic N) is 2. The van der Waals surface area contributed by atoms with Gasteiger partial charge >= 0.3 is 0 Å². The van der Waals surface area contributed by atoms with Crippen LogP contribution in [0.2, 0.25) is 0 Å². The van der Waals surface area contributed by atoms with E-state index >= 15 is 0 Å². The number of anilines is 1. The standard InChI is InChI=1S/C14H19N3O2/c1-4-17(9-10(2)8-15)14(18)11-6-5-7-12(19-3)13(11)16/h5-7,10H,4,9,16H2,1-3H3. The van der Waals surface area contributed by atoms with E-state index in [0.717, 1.165) is 0 Å². The molecular weight excluding hydrogens is 242 g/mol. The minimum atomic E-state index is -0.212. The fraction of sp³-hybridized carbons (Fsp3) is 0.429. The Bertz CT molecular complexity index is 494. The number of carbonyl (C=O) groups is 1. The molecule has 0 bridgehead atoms. The van der Waals surface area contributed by atoms with Crippen molar-refractivity contribution < 1.29 is 9.53 Å². The average Bonchev–Trinajstić information content (AvgIpc) is 2.44. The summed E-state index contributed by atoms with van der Waals surface area (Å²) in [6.45, 7) is 4.58. The molecule has 1 rings (SSSR count). The van der Waals surface area contributed by atoms with Crippen LogP contribution in [0.15, 0.2) is 18.2 Å². The van der Waals surface area contributed by atoms with Gasteiger partial charge in [0.25, 0.3) is 5.91 Å². The fourth-order valence-electron chi connectivity index (χ4n) is 1.81. The maximum atomic E-state index is 12.4. The van der Waals surface area contributed by atoms with Crippen LogP contribution in [-0.4, -0.2) is 31.0 Å². The topological polar surface area (TPSA) is 79.3 Å². The second kappa shape index (κ2) is 6.64. The molecule has 0 radical (unpaired) electrons. The number of benzene rings is 1. The van der Waals surface area contributed by atoms with Crippen molar-refractivity contribution in [2.24, 2.45) is 5.92 Å². The van der Waals surface area contributed by atoms with Gasteiger partial charge in [-0.3, -0.25) is 4.79 Å². The molecule has 19 heavy (non-hydrogen) atoms. The second-order valence-electron chi connectivity index (χ2n) is 4.30. The van der Waals surface area contributed by atoms with Crippen LogP contribution in [-0.2, 0) is 0 Å². The summed E-state index contributed by atoms with van der Waals surface area (Å²) in [5.41, 5.74) is 6.65. The first-order valence-corrected chi connectivity index (χ1v) is 6.16. The largest absolute Gasteiger partial charge is 0.495 e. The molecule has 102 valence electrons. The predicted molar refractivity (Wildman–Crippen MR) is 73.8 cm³/mol. The Morgan fingerprint density at radius 3 is 2.79 bits per heavy atom. The molecular formula is C14H19N3O2. The number of ether oxygens (including phenoxy) is 1. The average molecular weight is 261 g/mol. The summed E-state index contributed by atoms with van der Waals surface area (Å²) in [5.74, 6) is 0.0898. The lowest BCUT2D eigenvalue weighted by Gasteiger charge is -2.23. The fourth-order valence-corrected chi connectivity index (χ4v) is 1.81. The number of para-hydroxylation sites is 1. The number of amides is 1. The van der Waals surface area contributed by atoms with Crippen LogP contribution in [0.3, 0.4) is 0 Å². The molecule has 0 aliphatic heterocycles. The summed E-state index contributed by atoms with van der Waals surface area (Å²) in [6.07, 6.45) is 0. The van der Waals surface area contributed by atoms with E-state index in [9.17, 15) is 4.79 Å². The second-order valence-corrected chi connectivity index (χ2v) is 4.30. The summed E-state index contributed by atoms with van der Waals surface area (Å²) in [4.78, 5) is 14.0. The van der Waals surface area contributed by atoms with Gasteiger partial charge in [0.1, 0.15) is 5.75 Å². The number of hydrogen-bond donors (Lipinski definition) is 1. The summed E-state index contributed by atoms with van der Waals surface area (Å²) in [5, 5.41) is 8.84. The molecule has 0 saturated carbocycles. The Kier molecular flexibility index (Phi) is 5.19. The van der Waals surface area contributed by atoms with Crippen molar-refractivity contribution in [1.82, 2.24) is 4.90 Å². The molecule has 1 aromatic rings. The molecule has 1 unspecified atom stereocenters. The van der Waals surface area contributed by atoms with Crippen molar-refractivity contribution in [1.29, 1.82) is 5.26 Å². The Balaban J connectivity index is 3.01. The summed E-state index contributed by atoms with van der Waals surface area (Å²) >= 11 is 0. The van der Waals surface area contributed by atoms with Crippen molar-refractivity contribution >= 4 is 11.6 Å². The number of nitriles is 1. The molecule has 0 aliphatic carbocycles. The van der Waals surface area contributed by atoms with Gasteiger partial charge in [0.15, 0.2) is 0 Å². The molecule has 1 aromatic carbocycles. The quantitative estimate of drug-likeness (QED) is 0.821. The molecule has 0 aliphatic rings. The van der Waals surface area contributed by atoms with Gasteiger partial charge in [0, 0.05) is 13.1 Å². The van der Waals surface area contributed by atoms with Crippen LogP contribution in [0.5, 0.6) is 5.75 Å². The SMILES string of the molecule is CCN(CC(C)C#N)C(=O)c1cccc(OC)c1N. The zero-order valence-corrected chi connectivity index (χ0v) is 11.5. The lowest BCUT2D eigenvalue weighted by molar-refractivity contribution is 0.0753. The van der Waals surface area contributed by atoms with Crippen LogP contribution in [0.1, 0.15) is 24.2 Å². The molecule has 0 aromatic heterocycles. The van der Waals surface area contributed by atoms with Gasteiger partial charge < -0.3 is 15.4 Å². The van der Waals surface area contributed by atoms with Gasteiger partial charge in [0.05, 0.1) is 30.3 Å². The van der Waals surface area contributed by atoms with Crippen LogP contribution in [0, 0.1) is 17.2 Å². The third kappa shape index (κ3) is 3.38. The highest BCUT2D eigenvalue weighted by molar-refractivity contribution is 6.00. The van der Waals surface area contributed by atoms with Crippen LogP contribution < -0.4 is 10.5 Å². The van der Waals surface area contributed by atoms with Gasteiger partial charge in [-0.15, -0.1) is 0 Å². The monoisotopic (exact) mass is 261 g/mol. The highest BCUT2D eigenvalue weighted by Gasteiger charge is 2.20. The summed E-state index contributed by atoms with van der Waals surface area (Å²) in [6, 6.07) is 7.22. The highest BCUT2D eigenvalue weighted by atomic mass is 16.5. The third-order valence-corrected chi connectivity index (χ3v) is 2.90. The van der Waals surface area contributed by atoms with E-state index in [1.165, 1.54) is 7.11 Å². The first-order chi connectivity index (χ1) is 9.04. The first kappa shape index (κ1) is 14.8. The Morgan fingerprint density at radius 2 is 2.26 bits per heavy atom. The van der Waals surface area contributed by atoms with Crippen LogP contribution >= 0.6 is 0 Å². The maximum Gasteiger partial charge on any atom is 0.256 e. The van der Waals surface area contributed by atoms with Gasteiger partial charge in [-0.2, -0.15) is 5.26 Å². The smallest absolute Gasteiger partial charge is 0.256 e. The lowest BCUT2D eigenvalue weighted by atomic mass is 10.1. The predicted octanol–water partition coefficient (Wildman–Crippen LogP) is 1.90. The van der Waals surface area contributed by atoms with E-state index < -0.39 is 0 Å². The van der Waals surface area contributed by atoms with Crippen molar-refractivity contribution in [2.45, 2.75) is 13.8 Å². The Labute approximate surface area is 113 Å². The lowest BCUT2D eigenvalue weighted by Crippen LogP contribution is -2.34. The zero-order valence-electron chi connectivity index (χ0n) is 11.5. The third-order valence-electron chi connectivity index (χ3n) is 2.90. The normalized spacial score (nSPS) is 11.5. The van der Waals surface area contributed by atoms with Gasteiger partial charge in [0.2, 0.25) is 0 Å². The summed E-state index contributed by atoms with van der Waals surface area (Å²) < 4.78 is 5.10. The van der Waals surface area contributed by atoms with E-state index in [-0.39, 0.29) is 11.8 Å². The van der Waals surface area contributed by atoms with Crippen molar-refractivity contribution in [3.63, 3.8) is 0 Å². The Hall–Kier alpha value is -2.22. The Morgan fingerprint density at radius 1 is 1.58 bits per heavy atom. The molecule has 5 heteroatoms. The molecule has 0 spiro atoms. The highest BCUT2D eigenvalue weighted by Crippen LogP contribution is 2.25. The van der Waals surface area contributed by atoms with E-state index in [1.807, 2.05) is 6.92 Å². The van der Waals surface area contributed by atoms with E-state index in [1.54, 1.807) is 30.0 Å². The summed E-state index contributed by atoms with van der Waals surface area (Å²) in [7, 11) is 1.51. The maximum absolute atomic E-state index is 12.4. The minimum absolute atomic E-state index is 0.180. The van der Waals surface area contributed by atoms with Crippen LogP contribution in [0.4, 0.5) is 5.69 Å². The van der Waals surface area contributed by atoms with Crippen LogP contribution in [0.25, 0.3) is 0 Å². The first-order valence-electron chi connectivity index (χ1n) is 6.16. The van der Waals surface area contributed by atoms with Crippen molar-refractivity contribution in [2.75, 3.05) is 25.9 Å². The van der Waals surface area contributed by atoms with E-state index in [4.69, 9.17) is 15.7 Å². The molecule has 2 N–H and O–H groups in total. The zero-order chi connectivity index (χ0) is 14.4. The van der Waals surface area contributed by atoms with Crippen molar-refractivity contribution in [3.05, 3.63) is 23.8 Å². The number of nitrogen functional groups attached to an aromatic ring is 1. The molecule has 5 nitrogen and oxygen atoms in total. The molecule has 1 atom stereocenters. The van der Waals surface area contributed by atoms with Crippen molar-refractivity contribution in [3.8, 4) is 11.8 Å². The number of rotatable bonds is 5. The van der Waals surface area contributed by atoms with Gasteiger partial charge in [-0.1, -0.05) is 6.07 Å². The van der Waals surface area contributed by atoms with Gasteiger partial charge in [-0.25, -0.2) is 0 Å². The molecule has 0 heterocycles. The molecule has 0 saturated heterocycles. The number of nitrogens with two attached hydrogens (primary N) is 1. The number of hydrogen-bond acceptors (Lipinski definition) is 4. The van der Waals surface area contributed by atoms with E-state index in [2.05, 4.69) is 6.07 Å². The number of carbonyl (C=O) groups excluding carboxylic acids is 1. The van der Waals surface area contributed by atoms with Gasteiger partial charge in [-0.05, 0) is 26.0 Å².